The first-order valence-electron chi connectivity index (χ1n) is 6.33. The summed E-state index contributed by atoms with van der Waals surface area (Å²) in [5.41, 5.74) is 5.51. The Balaban J connectivity index is 2.22. The minimum Gasteiger partial charge on any atom is -0.356 e. The molecule has 1 fully saturated rings. The predicted molar refractivity (Wildman–Crippen MR) is 66.1 cm³/mol. The minimum atomic E-state index is 0.216. The van der Waals surface area contributed by atoms with E-state index in [4.69, 9.17) is 5.73 Å². The molecule has 0 bridgehead atoms. The Morgan fingerprint density at radius 2 is 2.06 bits per heavy atom. The Kier molecular flexibility index (Phi) is 5.77. The normalized spacial score (nSPS) is 19.0. The lowest BCUT2D eigenvalue weighted by atomic mass is 9.96. The number of hydrogen-bond acceptors (Lipinski definition) is 3. The van der Waals surface area contributed by atoms with Gasteiger partial charge in [-0.05, 0) is 31.8 Å². The maximum atomic E-state index is 11.8. The van der Waals surface area contributed by atoms with E-state index >= 15 is 0 Å². The lowest BCUT2D eigenvalue weighted by molar-refractivity contribution is -0.126. The Labute approximate surface area is 98.6 Å². The van der Waals surface area contributed by atoms with Crippen LogP contribution in [-0.4, -0.2) is 43.5 Å². The number of piperidine rings is 1. The van der Waals surface area contributed by atoms with Crippen LogP contribution in [0, 0.1) is 11.8 Å². The molecule has 4 nitrogen and oxygen atoms in total. The van der Waals surface area contributed by atoms with Gasteiger partial charge in [0.25, 0.3) is 0 Å². The number of rotatable bonds is 5. The maximum absolute atomic E-state index is 11.8. The van der Waals surface area contributed by atoms with Gasteiger partial charge in [0, 0.05) is 25.6 Å². The van der Waals surface area contributed by atoms with Gasteiger partial charge in [0.2, 0.25) is 5.91 Å². The lowest BCUT2D eigenvalue weighted by Gasteiger charge is -2.30. The molecular weight excluding hydrogens is 202 g/mol. The van der Waals surface area contributed by atoms with Crippen molar-refractivity contribution < 1.29 is 4.79 Å². The van der Waals surface area contributed by atoms with E-state index in [9.17, 15) is 4.79 Å². The van der Waals surface area contributed by atoms with Crippen molar-refractivity contribution in [2.75, 3.05) is 32.7 Å². The Hall–Kier alpha value is -0.610. The molecule has 3 N–H and O–H groups in total. The molecule has 1 heterocycles. The van der Waals surface area contributed by atoms with E-state index in [-0.39, 0.29) is 11.8 Å². The largest absolute Gasteiger partial charge is 0.356 e. The Morgan fingerprint density at radius 3 is 2.56 bits per heavy atom. The molecule has 0 saturated carbocycles. The fraction of sp³-hybridized carbons (Fsp3) is 0.917. The molecule has 1 aliphatic heterocycles. The number of carbonyl (C=O) groups excluding carboxylic acids is 1. The molecule has 0 aromatic carbocycles. The van der Waals surface area contributed by atoms with E-state index in [1.807, 2.05) is 0 Å². The van der Waals surface area contributed by atoms with Crippen molar-refractivity contribution in [2.45, 2.75) is 26.7 Å². The van der Waals surface area contributed by atoms with Crippen molar-refractivity contribution in [2.24, 2.45) is 17.6 Å². The zero-order chi connectivity index (χ0) is 12.0. The molecule has 4 heteroatoms. The molecule has 0 unspecified atom stereocenters. The molecule has 0 atom stereocenters. The number of nitrogens with two attached hydrogens (primary N) is 1. The topological polar surface area (TPSA) is 58.4 Å². The summed E-state index contributed by atoms with van der Waals surface area (Å²) >= 11 is 0. The number of likely N-dealkylation sites (tertiary alicyclic amines) is 1. The third-order valence-corrected chi connectivity index (χ3v) is 3.09. The number of nitrogens with zero attached hydrogens (tertiary/aromatic N) is 1. The first-order valence-corrected chi connectivity index (χ1v) is 6.33. The molecule has 1 rings (SSSR count). The van der Waals surface area contributed by atoms with Gasteiger partial charge in [-0.3, -0.25) is 4.79 Å². The van der Waals surface area contributed by atoms with Crippen LogP contribution in [0.25, 0.3) is 0 Å². The molecule has 0 aromatic rings. The molecule has 1 aliphatic rings. The number of nitrogens with one attached hydrogen (secondary N) is 1. The maximum Gasteiger partial charge on any atom is 0.223 e. The van der Waals surface area contributed by atoms with Crippen LogP contribution in [0.15, 0.2) is 0 Å². The van der Waals surface area contributed by atoms with Gasteiger partial charge in [-0.25, -0.2) is 0 Å². The first-order chi connectivity index (χ1) is 7.63. The number of carbonyl (C=O) groups is 1. The summed E-state index contributed by atoms with van der Waals surface area (Å²) in [5.74, 6) is 0.982. The van der Waals surface area contributed by atoms with Crippen molar-refractivity contribution in [3.63, 3.8) is 0 Å². The summed E-state index contributed by atoms with van der Waals surface area (Å²) in [5, 5.41) is 3.02. The molecule has 0 aliphatic carbocycles. The third-order valence-electron chi connectivity index (χ3n) is 3.09. The second-order valence-electron chi connectivity index (χ2n) is 5.04. The zero-order valence-electron chi connectivity index (χ0n) is 10.5. The third kappa shape index (κ3) is 4.49. The highest BCUT2D eigenvalue weighted by molar-refractivity contribution is 5.78. The van der Waals surface area contributed by atoms with Crippen molar-refractivity contribution in [1.29, 1.82) is 0 Å². The lowest BCUT2D eigenvalue weighted by Crippen LogP contribution is -2.42. The van der Waals surface area contributed by atoms with Crippen molar-refractivity contribution in [3.8, 4) is 0 Å². The second-order valence-corrected chi connectivity index (χ2v) is 5.04. The van der Waals surface area contributed by atoms with Crippen LogP contribution in [0.4, 0.5) is 0 Å². The summed E-state index contributed by atoms with van der Waals surface area (Å²) in [6.45, 7) is 8.72. The molecule has 94 valence electrons. The van der Waals surface area contributed by atoms with Crippen molar-refractivity contribution in [3.05, 3.63) is 0 Å². The van der Waals surface area contributed by atoms with Crippen LogP contribution >= 0.6 is 0 Å². The monoisotopic (exact) mass is 227 g/mol. The molecular formula is C12H25N3O. The molecule has 0 spiro atoms. The molecule has 0 radical (unpaired) electrons. The number of hydrogen-bond donors (Lipinski definition) is 2. The summed E-state index contributed by atoms with van der Waals surface area (Å²) in [6, 6.07) is 0. The smallest absolute Gasteiger partial charge is 0.223 e. The van der Waals surface area contributed by atoms with E-state index in [1.165, 1.54) is 0 Å². The predicted octanol–water partition coefficient (Wildman–Crippen LogP) is 0.429. The van der Waals surface area contributed by atoms with Crippen LogP contribution in [0.3, 0.4) is 0 Å². The Morgan fingerprint density at radius 1 is 1.44 bits per heavy atom. The summed E-state index contributed by atoms with van der Waals surface area (Å²) in [6.07, 6.45) is 1.95. The van der Waals surface area contributed by atoms with Crippen molar-refractivity contribution >= 4 is 5.91 Å². The van der Waals surface area contributed by atoms with Gasteiger partial charge in [-0.2, -0.15) is 0 Å². The fourth-order valence-electron chi connectivity index (χ4n) is 2.05. The highest BCUT2D eigenvalue weighted by Gasteiger charge is 2.24. The van der Waals surface area contributed by atoms with E-state index in [1.54, 1.807) is 0 Å². The Bertz CT molecular complexity index is 210. The summed E-state index contributed by atoms with van der Waals surface area (Å²) in [7, 11) is 0. The van der Waals surface area contributed by atoms with E-state index in [0.29, 0.717) is 12.5 Å². The second kappa shape index (κ2) is 6.86. The van der Waals surface area contributed by atoms with Crippen LogP contribution in [-0.2, 0) is 4.79 Å². The van der Waals surface area contributed by atoms with E-state index in [0.717, 1.165) is 39.0 Å². The van der Waals surface area contributed by atoms with Crippen LogP contribution in [0.1, 0.15) is 26.7 Å². The van der Waals surface area contributed by atoms with Crippen LogP contribution in [0.5, 0.6) is 0 Å². The highest BCUT2D eigenvalue weighted by atomic mass is 16.1. The van der Waals surface area contributed by atoms with Gasteiger partial charge in [0.15, 0.2) is 0 Å². The minimum absolute atomic E-state index is 0.216. The van der Waals surface area contributed by atoms with Crippen LogP contribution in [0.2, 0.25) is 0 Å². The van der Waals surface area contributed by atoms with Crippen LogP contribution < -0.4 is 11.1 Å². The van der Waals surface area contributed by atoms with E-state index in [2.05, 4.69) is 24.1 Å². The molecule has 16 heavy (non-hydrogen) atoms. The van der Waals surface area contributed by atoms with Crippen molar-refractivity contribution in [1.82, 2.24) is 10.2 Å². The molecule has 1 amide bonds. The van der Waals surface area contributed by atoms with Gasteiger partial charge in [0.1, 0.15) is 0 Å². The van der Waals surface area contributed by atoms with Gasteiger partial charge >= 0.3 is 0 Å². The average molecular weight is 227 g/mol. The van der Waals surface area contributed by atoms with Gasteiger partial charge in [0.05, 0.1) is 0 Å². The SMILES string of the molecule is CC(C)CNC(=O)C1CCN(CCN)CC1. The van der Waals surface area contributed by atoms with Gasteiger partial charge in [-0.1, -0.05) is 13.8 Å². The highest BCUT2D eigenvalue weighted by Crippen LogP contribution is 2.16. The quantitative estimate of drug-likeness (QED) is 0.716. The molecule has 0 aromatic heterocycles. The standard InChI is InChI=1S/C12H25N3O/c1-10(2)9-14-12(16)11-3-6-15(7-4-11)8-5-13/h10-11H,3-9,13H2,1-2H3,(H,14,16). The average Bonchev–Trinajstić information content (AvgIpc) is 2.27. The number of amides is 1. The zero-order valence-corrected chi connectivity index (χ0v) is 10.5. The fourth-order valence-corrected chi connectivity index (χ4v) is 2.05. The summed E-state index contributed by atoms with van der Waals surface area (Å²) < 4.78 is 0. The molecule has 1 saturated heterocycles. The van der Waals surface area contributed by atoms with E-state index < -0.39 is 0 Å². The first kappa shape index (κ1) is 13.5. The van der Waals surface area contributed by atoms with Gasteiger partial charge < -0.3 is 16.0 Å². The van der Waals surface area contributed by atoms with Gasteiger partial charge in [-0.15, -0.1) is 0 Å². The summed E-state index contributed by atoms with van der Waals surface area (Å²) in [4.78, 5) is 14.2.